The maximum Gasteiger partial charge on any atom is 0.252 e. The largest absolute Gasteiger partial charge is 0.350 e. The van der Waals surface area contributed by atoms with Crippen molar-refractivity contribution in [1.82, 2.24) is 15.6 Å². The third-order valence-corrected chi connectivity index (χ3v) is 2.46. The lowest BCUT2D eigenvalue weighted by molar-refractivity contribution is 0.0950. The highest BCUT2D eigenvalue weighted by molar-refractivity contribution is 9.10. The van der Waals surface area contributed by atoms with Crippen LogP contribution < -0.4 is 10.6 Å². The first kappa shape index (κ1) is 19.0. The highest BCUT2D eigenvalue weighted by atomic mass is 79.9. The zero-order valence-electron chi connectivity index (χ0n) is 9.57. The summed E-state index contributed by atoms with van der Waals surface area (Å²) < 4.78 is 0.803. The quantitative estimate of drug-likeness (QED) is 0.878. The van der Waals surface area contributed by atoms with Crippen LogP contribution in [-0.4, -0.2) is 30.5 Å². The maximum atomic E-state index is 11.6. The number of carbonyl (C=O) groups is 1. The summed E-state index contributed by atoms with van der Waals surface area (Å²) >= 11 is 3.27. The molecule has 1 unspecified atom stereocenters. The van der Waals surface area contributed by atoms with E-state index >= 15 is 0 Å². The van der Waals surface area contributed by atoms with Crippen LogP contribution in [-0.2, 0) is 0 Å². The Hall–Kier alpha value is -0.360. The molecule has 0 radical (unpaired) electrons. The molecule has 17 heavy (non-hydrogen) atoms. The number of amides is 1. The van der Waals surface area contributed by atoms with Gasteiger partial charge in [0.05, 0.1) is 5.56 Å². The van der Waals surface area contributed by atoms with Crippen LogP contribution in [0.25, 0.3) is 0 Å². The summed E-state index contributed by atoms with van der Waals surface area (Å²) in [6, 6.07) is 2.00. The van der Waals surface area contributed by atoms with E-state index < -0.39 is 0 Å². The molecule has 1 heterocycles. The number of nitrogens with one attached hydrogen (secondary N) is 2. The highest BCUT2D eigenvalue weighted by Gasteiger charge is 2.07. The first-order chi connectivity index (χ1) is 7.13. The maximum absolute atomic E-state index is 11.6. The number of aromatic nitrogens is 1. The normalized spacial score (nSPS) is 10.8. The van der Waals surface area contributed by atoms with Gasteiger partial charge in [0.1, 0.15) is 0 Å². The molecule has 2 N–H and O–H groups in total. The lowest BCUT2D eigenvalue weighted by atomic mass is 10.2. The average Bonchev–Trinajstić information content (AvgIpc) is 2.25. The van der Waals surface area contributed by atoms with Gasteiger partial charge in [0.25, 0.3) is 5.91 Å². The number of likely N-dealkylation sites (N-methyl/N-ethyl adjacent to an activating group) is 1. The monoisotopic (exact) mass is 343 g/mol. The first-order valence-electron chi connectivity index (χ1n) is 4.69. The van der Waals surface area contributed by atoms with Gasteiger partial charge in [-0.1, -0.05) is 0 Å². The Balaban J connectivity index is 0. The summed E-state index contributed by atoms with van der Waals surface area (Å²) in [5.74, 6) is -0.106. The van der Waals surface area contributed by atoms with Crippen LogP contribution in [0.4, 0.5) is 0 Å². The second-order valence-electron chi connectivity index (χ2n) is 3.29. The van der Waals surface area contributed by atoms with E-state index in [4.69, 9.17) is 0 Å². The molecule has 1 atom stereocenters. The second-order valence-corrected chi connectivity index (χ2v) is 4.21. The zero-order valence-corrected chi connectivity index (χ0v) is 12.8. The average molecular weight is 345 g/mol. The Labute approximate surface area is 122 Å². The fourth-order valence-corrected chi connectivity index (χ4v) is 1.35. The van der Waals surface area contributed by atoms with Crippen LogP contribution in [0, 0.1) is 0 Å². The molecule has 0 aliphatic carbocycles. The lowest BCUT2D eigenvalue weighted by Crippen LogP contribution is -2.37. The van der Waals surface area contributed by atoms with Crippen LogP contribution in [0.3, 0.4) is 0 Å². The topological polar surface area (TPSA) is 54.0 Å². The van der Waals surface area contributed by atoms with Gasteiger partial charge >= 0.3 is 0 Å². The molecule has 98 valence electrons. The van der Waals surface area contributed by atoms with E-state index in [-0.39, 0.29) is 36.8 Å². The Morgan fingerprint density at radius 2 is 2.12 bits per heavy atom. The number of nitrogens with zero attached hydrogens (tertiary/aromatic N) is 1. The Morgan fingerprint density at radius 3 is 2.65 bits per heavy atom. The van der Waals surface area contributed by atoms with Gasteiger partial charge in [-0.05, 0) is 36.0 Å². The molecule has 7 heteroatoms. The highest BCUT2D eigenvalue weighted by Crippen LogP contribution is 2.09. The molecular formula is C10H16BrCl2N3O. The molecule has 0 aliphatic heterocycles. The van der Waals surface area contributed by atoms with Crippen molar-refractivity contribution in [3.8, 4) is 0 Å². The Morgan fingerprint density at radius 1 is 1.47 bits per heavy atom. The molecule has 1 aromatic rings. The van der Waals surface area contributed by atoms with Crippen molar-refractivity contribution in [3.63, 3.8) is 0 Å². The standard InChI is InChI=1S/C10H14BrN3O.2ClH/c1-7(12-2)4-14-10(15)8-3-9(11)6-13-5-8;;/h3,5-7,12H,4H2,1-2H3,(H,14,15);2*1H. The van der Waals surface area contributed by atoms with Crippen molar-refractivity contribution >= 4 is 46.7 Å². The number of pyridine rings is 1. The third-order valence-electron chi connectivity index (χ3n) is 2.03. The predicted molar refractivity (Wildman–Crippen MR) is 77.3 cm³/mol. The molecule has 1 amide bonds. The van der Waals surface area contributed by atoms with E-state index in [9.17, 15) is 4.79 Å². The van der Waals surface area contributed by atoms with Gasteiger partial charge in [0.2, 0.25) is 0 Å². The number of hydrogen-bond acceptors (Lipinski definition) is 3. The molecule has 4 nitrogen and oxygen atoms in total. The Kier molecular flexibility index (Phi) is 10.8. The summed E-state index contributed by atoms with van der Waals surface area (Å²) in [5, 5.41) is 5.86. The third kappa shape index (κ3) is 6.83. The van der Waals surface area contributed by atoms with E-state index in [1.807, 2.05) is 14.0 Å². The van der Waals surface area contributed by atoms with E-state index in [1.54, 1.807) is 18.5 Å². The van der Waals surface area contributed by atoms with Gasteiger partial charge in [-0.2, -0.15) is 0 Å². The van der Waals surface area contributed by atoms with Crippen LogP contribution in [0.15, 0.2) is 22.9 Å². The minimum Gasteiger partial charge on any atom is -0.350 e. The fraction of sp³-hybridized carbons (Fsp3) is 0.400. The summed E-state index contributed by atoms with van der Waals surface area (Å²) in [6.45, 7) is 2.60. The van der Waals surface area contributed by atoms with Crippen molar-refractivity contribution in [1.29, 1.82) is 0 Å². The van der Waals surface area contributed by atoms with E-state index in [0.717, 1.165) is 4.47 Å². The molecule has 1 aromatic heterocycles. The predicted octanol–water partition coefficient (Wildman–Crippen LogP) is 2.03. The molecule has 0 aromatic carbocycles. The smallest absolute Gasteiger partial charge is 0.252 e. The zero-order chi connectivity index (χ0) is 11.3. The molecule has 0 spiro atoms. The van der Waals surface area contributed by atoms with Gasteiger partial charge < -0.3 is 10.6 Å². The van der Waals surface area contributed by atoms with E-state index in [1.165, 1.54) is 0 Å². The fourth-order valence-electron chi connectivity index (χ4n) is 0.986. The molecule has 1 rings (SSSR count). The van der Waals surface area contributed by atoms with Crippen molar-refractivity contribution in [2.24, 2.45) is 0 Å². The lowest BCUT2D eigenvalue weighted by Gasteiger charge is -2.11. The SMILES string of the molecule is CNC(C)CNC(=O)c1cncc(Br)c1.Cl.Cl. The molecule has 0 saturated carbocycles. The minimum absolute atomic E-state index is 0. The second kappa shape index (κ2) is 9.65. The summed E-state index contributed by atoms with van der Waals surface area (Å²) in [6.07, 6.45) is 3.19. The van der Waals surface area contributed by atoms with E-state index in [2.05, 4.69) is 31.5 Å². The van der Waals surface area contributed by atoms with Gasteiger partial charge in [-0.25, -0.2) is 0 Å². The van der Waals surface area contributed by atoms with Crippen LogP contribution >= 0.6 is 40.7 Å². The van der Waals surface area contributed by atoms with Crippen LogP contribution in [0.5, 0.6) is 0 Å². The summed E-state index contributed by atoms with van der Waals surface area (Å²) in [7, 11) is 1.86. The summed E-state index contributed by atoms with van der Waals surface area (Å²) in [4.78, 5) is 15.5. The summed E-state index contributed by atoms with van der Waals surface area (Å²) in [5.41, 5.74) is 0.563. The van der Waals surface area contributed by atoms with Gasteiger partial charge in [-0.3, -0.25) is 9.78 Å². The number of carbonyl (C=O) groups excluding carboxylic acids is 1. The van der Waals surface area contributed by atoms with Crippen molar-refractivity contribution in [2.45, 2.75) is 13.0 Å². The Bertz CT molecular complexity index is 352. The molecule has 0 bridgehead atoms. The molecule has 0 fully saturated rings. The van der Waals surface area contributed by atoms with Crippen molar-refractivity contribution in [2.75, 3.05) is 13.6 Å². The molecule has 0 aliphatic rings. The minimum atomic E-state index is -0.106. The molecular weight excluding hydrogens is 329 g/mol. The van der Waals surface area contributed by atoms with Crippen LogP contribution in [0.1, 0.15) is 17.3 Å². The van der Waals surface area contributed by atoms with E-state index in [0.29, 0.717) is 12.1 Å². The van der Waals surface area contributed by atoms with Crippen molar-refractivity contribution < 1.29 is 4.79 Å². The first-order valence-corrected chi connectivity index (χ1v) is 5.49. The number of rotatable bonds is 4. The number of halogens is 3. The molecule has 0 saturated heterocycles. The number of hydrogen-bond donors (Lipinski definition) is 2. The van der Waals surface area contributed by atoms with Crippen molar-refractivity contribution in [3.05, 3.63) is 28.5 Å². The van der Waals surface area contributed by atoms with Gasteiger partial charge in [0.15, 0.2) is 0 Å². The van der Waals surface area contributed by atoms with Gasteiger partial charge in [0, 0.05) is 29.5 Å². The van der Waals surface area contributed by atoms with Crippen LogP contribution in [0.2, 0.25) is 0 Å². The van der Waals surface area contributed by atoms with Gasteiger partial charge in [-0.15, -0.1) is 24.8 Å².